The van der Waals surface area contributed by atoms with Crippen molar-refractivity contribution in [2.75, 3.05) is 21.3 Å². The van der Waals surface area contributed by atoms with E-state index >= 15 is 0 Å². The molecule has 2 aromatic carbocycles. The molecule has 0 spiro atoms. The molecule has 0 heterocycles. The molecule has 0 bridgehead atoms. The first-order chi connectivity index (χ1) is 11.2. The van der Waals surface area contributed by atoms with Crippen molar-refractivity contribution in [1.82, 2.24) is 0 Å². The summed E-state index contributed by atoms with van der Waals surface area (Å²) in [6, 6.07) is 8.38. The molecule has 0 radical (unpaired) electrons. The summed E-state index contributed by atoms with van der Waals surface area (Å²) in [7, 11) is 5.05. The van der Waals surface area contributed by atoms with E-state index in [4.69, 9.17) is 14.2 Å². The van der Waals surface area contributed by atoms with Gasteiger partial charge in [-0.15, -0.1) is 0 Å². The van der Waals surface area contributed by atoms with Crippen molar-refractivity contribution in [3.05, 3.63) is 47.5 Å². The summed E-state index contributed by atoms with van der Waals surface area (Å²) in [5.41, 5.74) is 6.01. The van der Waals surface area contributed by atoms with E-state index in [0.717, 1.165) is 42.1 Å². The molecule has 0 unspecified atom stereocenters. The number of aryl methyl sites for hydroxylation is 2. The number of methoxy groups -OCH3 is 3. The third-order valence-corrected chi connectivity index (χ3v) is 4.47. The van der Waals surface area contributed by atoms with Crippen molar-refractivity contribution in [3.8, 4) is 28.4 Å². The van der Waals surface area contributed by atoms with Gasteiger partial charge in [0.15, 0.2) is 11.5 Å². The summed E-state index contributed by atoms with van der Waals surface area (Å²) >= 11 is 0. The predicted octanol–water partition coefficient (Wildman–Crippen LogP) is 4.51. The largest absolute Gasteiger partial charge is 0.497 e. The van der Waals surface area contributed by atoms with Gasteiger partial charge in [0.05, 0.1) is 21.3 Å². The van der Waals surface area contributed by atoms with Crippen LogP contribution in [0.5, 0.6) is 17.2 Å². The third kappa shape index (κ3) is 2.56. The lowest BCUT2D eigenvalue weighted by molar-refractivity contribution is 0.354. The Morgan fingerprint density at radius 2 is 1.74 bits per heavy atom. The fraction of sp³-hybridized carbons (Fsp3) is 0.300. The average molecular weight is 310 g/mol. The molecule has 0 atom stereocenters. The molecule has 0 amide bonds. The summed E-state index contributed by atoms with van der Waals surface area (Å²) in [6.07, 6.45) is 4.99. The molecular formula is C20H22O3. The van der Waals surface area contributed by atoms with Crippen LogP contribution >= 0.6 is 0 Å². The van der Waals surface area contributed by atoms with Crippen LogP contribution in [0.1, 0.15) is 23.1 Å². The summed E-state index contributed by atoms with van der Waals surface area (Å²) in [4.78, 5) is 0. The smallest absolute Gasteiger partial charge is 0.168 e. The van der Waals surface area contributed by atoms with Crippen LogP contribution in [-0.2, 0) is 12.8 Å². The van der Waals surface area contributed by atoms with E-state index in [1.165, 1.54) is 22.3 Å². The zero-order valence-electron chi connectivity index (χ0n) is 13.9. The Hall–Kier alpha value is -2.42. The molecule has 1 aliphatic rings. The van der Waals surface area contributed by atoms with Crippen molar-refractivity contribution in [2.45, 2.75) is 19.3 Å². The minimum Gasteiger partial charge on any atom is -0.497 e. The van der Waals surface area contributed by atoms with Crippen LogP contribution in [-0.4, -0.2) is 21.3 Å². The monoisotopic (exact) mass is 310 g/mol. The van der Waals surface area contributed by atoms with Gasteiger partial charge in [-0.2, -0.15) is 0 Å². The minimum atomic E-state index is 0.741. The van der Waals surface area contributed by atoms with Gasteiger partial charge in [-0.3, -0.25) is 0 Å². The van der Waals surface area contributed by atoms with Crippen molar-refractivity contribution >= 4 is 6.08 Å². The van der Waals surface area contributed by atoms with E-state index in [0.29, 0.717) is 0 Å². The Kier molecular flexibility index (Phi) is 4.28. The topological polar surface area (TPSA) is 27.7 Å². The fourth-order valence-corrected chi connectivity index (χ4v) is 3.40. The number of rotatable bonds is 4. The van der Waals surface area contributed by atoms with Crippen LogP contribution in [0.15, 0.2) is 30.8 Å². The van der Waals surface area contributed by atoms with Gasteiger partial charge in [0, 0.05) is 5.56 Å². The quantitative estimate of drug-likeness (QED) is 0.831. The maximum absolute atomic E-state index is 5.60. The van der Waals surface area contributed by atoms with Crippen molar-refractivity contribution in [2.24, 2.45) is 0 Å². The van der Waals surface area contributed by atoms with Crippen molar-refractivity contribution < 1.29 is 14.2 Å². The van der Waals surface area contributed by atoms with Crippen LogP contribution in [0.4, 0.5) is 0 Å². The summed E-state index contributed by atoms with van der Waals surface area (Å²) in [5.74, 6) is 2.40. The fourth-order valence-electron chi connectivity index (χ4n) is 3.40. The molecule has 0 aromatic heterocycles. The van der Waals surface area contributed by atoms with Crippen LogP contribution in [0.2, 0.25) is 0 Å². The molecule has 0 saturated carbocycles. The second-order valence-electron chi connectivity index (χ2n) is 5.64. The van der Waals surface area contributed by atoms with Crippen LogP contribution in [0.25, 0.3) is 17.2 Å². The lowest BCUT2D eigenvalue weighted by Crippen LogP contribution is -1.99. The number of hydrogen-bond donors (Lipinski definition) is 0. The van der Waals surface area contributed by atoms with Crippen LogP contribution < -0.4 is 14.2 Å². The van der Waals surface area contributed by atoms with Gasteiger partial charge in [-0.1, -0.05) is 18.7 Å². The standard InChI is InChI=1S/C20H22O3/c1-5-16-19-14(12-18(22-3)20(16)23-4)8-6-7-13-11-15(21-2)9-10-17(13)19/h5,9-12H,1,6-8H2,2-4H3. The normalized spacial score (nSPS) is 12.7. The molecule has 1 aliphatic carbocycles. The van der Waals surface area contributed by atoms with Gasteiger partial charge < -0.3 is 14.2 Å². The molecule has 2 aromatic rings. The summed E-state index contributed by atoms with van der Waals surface area (Å²) in [5, 5.41) is 0. The second-order valence-corrected chi connectivity index (χ2v) is 5.64. The van der Waals surface area contributed by atoms with Crippen molar-refractivity contribution in [1.29, 1.82) is 0 Å². The Morgan fingerprint density at radius 3 is 2.39 bits per heavy atom. The molecule has 3 heteroatoms. The van der Waals surface area contributed by atoms with E-state index in [2.05, 4.69) is 24.8 Å². The predicted molar refractivity (Wildman–Crippen MR) is 93.7 cm³/mol. The van der Waals surface area contributed by atoms with Gasteiger partial charge in [0.25, 0.3) is 0 Å². The van der Waals surface area contributed by atoms with Gasteiger partial charge in [-0.05, 0) is 59.7 Å². The summed E-state index contributed by atoms with van der Waals surface area (Å²) in [6.45, 7) is 4.00. The lowest BCUT2D eigenvalue weighted by Gasteiger charge is -2.19. The molecule has 0 saturated heterocycles. The molecule has 0 N–H and O–H groups in total. The second kappa shape index (κ2) is 6.37. The van der Waals surface area contributed by atoms with Crippen molar-refractivity contribution in [3.63, 3.8) is 0 Å². The van der Waals surface area contributed by atoms with E-state index in [-0.39, 0.29) is 0 Å². The Labute approximate surface area is 137 Å². The highest BCUT2D eigenvalue weighted by molar-refractivity contribution is 5.85. The lowest BCUT2D eigenvalue weighted by atomic mass is 9.91. The highest BCUT2D eigenvalue weighted by Gasteiger charge is 2.23. The molecule has 3 nitrogen and oxygen atoms in total. The Morgan fingerprint density at radius 1 is 0.957 bits per heavy atom. The number of benzene rings is 2. The number of hydrogen-bond acceptors (Lipinski definition) is 3. The summed E-state index contributed by atoms with van der Waals surface area (Å²) < 4.78 is 16.5. The van der Waals surface area contributed by atoms with E-state index in [9.17, 15) is 0 Å². The van der Waals surface area contributed by atoms with Crippen LogP contribution in [0, 0.1) is 0 Å². The number of ether oxygens (including phenoxy) is 3. The highest BCUT2D eigenvalue weighted by atomic mass is 16.5. The number of fused-ring (bicyclic) bond motifs is 3. The van der Waals surface area contributed by atoms with Gasteiger partial charge in [-0.25, -0.2) is 0 Å². The van der Waals surface area contributed by atoms with E-state index in [1.54, 1.807) is 21.3 Å². The molecule has 23 heavy (non-hydrogen) atoms. The average Bonchev–Trinajstić information content (AvgIpc) is 2.78. The maximum atomic E-state index is 5.60. The molecule has 120 valence electrons. The third-order valence-electron chi connectivity index (χ3n) is 4.47. The first-order valence-corrected chi connectivity index (χ1v) is 7.81. The zero-order valence-corrected chi connectivity index (χ0v) is 13.9. The van der Waals surface area contributed by atoms with Gasteiger partial charge in [0.2, 0.25) is 0 Å². The Bertz CT molecular complexity index is 747. The van der Waals surface area contributed by atoms with E-state index in [1.807, 2.05) is 12.1 Å². The Balaban J connectivity index is 2.32. The first kappa shape index (κ1) is 15.5. The first-order valence-electron chi connectivity index (χ1n) is 7.81. The molecule has 0 fully saturated rings. The van der Waals surface area contributed by atoms with E-state index < -0.39 is 0 Å². The van der Waals surface area contributed by atoms with Gasteiger partial charge >= 0.3 is 0 Å². The molecule has 0 aliphatic heterocycles. The highest BCUT2D eigenvalue weighted by Crippen LogP contribution is 2.45. The maximum Gasteiger partial charge on any atom is 0.168 e. The minimum absolute atomic E-state index is 0.741. The molecule has 3 rings (SSSR count). The van der Waals surface area contributed by atoms with Gasteiger partial charge in [0.1, 0.15) is 5.75 Å². The van der Waals surface area contributed by atoms with Crippen LogP contribution in [0.3, 0.4) is 0 Å². The SMILES string of the molecule is C=Cc1c(OC)c(OC)cc2c1-c1ccc(OC)cc1CCC2. The molecular weight excluding hydrogens is 288 g/mol. The zero-order chi connectivity index (χ0) is 16.4.